The van der Waals surface area contributed by atoms with Crippen molar-refractivity contribution in [3.8, 4) is 11.4 Å². The number of methoxy groups -OCH3 is 1. The Kier molecular flexibility index (Phi) is 3.29. The van der Waals surface area contributed by atoms with Crippen molar-refractivity contribution in [1.29, 1.82) is 0 Å². The van der Waals surface area contributed by atoms with Crippen LogP contribution in [0.15, 0.2) is 42.5 Å². The molecule has 25 heavy (non-hydrogen) atoms. The molecule has 0 aliphatic carbocycles. The first kappa shape index (κ1) is 15.6. The predicted octanol–water partition coefficient (Wildman–Crippen LogP) is 3.49. The fourth-order valence-corrected chi connectivity index (χ4v) is 3.62. The molecule has 2 heterocycles. The summed E-state index contributed by atoms with van der Waals surface area (Å²) in [5, 5.41) is 0. The summed E-state index contributed by atoms with van der Waals surface area (Å²) in [4.78, 5) is 30.2. The summed E-state index contributed by atoms with van der Waals surface area (Å²) in [5.74, 6) is 0.0689. The molecule has 0 bridgehead atoms. The van der Waals surface area contributed by atoms with Gasteiger partial charge >= 0.3 is 5.97 Å². The number of aryl methyl sites for hydroxylation is 1. The van der Waals surface area contributed by atoms with Crippen LogP contribution >= 0.6 is 0 Å². The smallest absolute Gasteiger partial charge is 0.306 e. The highest BCUT2D eigenvalue weighted by Crippen LogP contribution is 2.43. The number of fused-ring (bicyclic) bond motifs is 5. The topological polar surface area (TPSA) is 61.2 Å². The average Bonchev–Trinajstić information content (AvgIpc) is 2.99. The van der Waals surface area contributed by atoms with Gasteiger partial charge in [-0.2, -0.15) is 0 Å². The molecule has 126 valence electrons. The van der Waals surface area contributed by atoms with Crippen LogP contribution in [-0.4, -0.2) is 28.5 Å². The monoisotopic (exact) mass is 334 g/mol. The summed E-state index contributed by atoms with van der Waals surface area (Å²) < 4.78 is 6.49. The van der Waals surface area contributed by atoms with E-state index >= 15 is 0 Å². The number of rotatable bonds is 2. The zero-order chi connectivity index (χ0) is 17.8. The van der Waals surface area contributed by atoms with Crippen molar-refractivity contribution in [3.05, 3.63) is 53.6 Å². The Morgan fingerprint density at radius 2 is 2.00 bits per heavy atom. The minimum Gasteiger partial charge on any atom is -0.469 e. The van der Waals surface area contributed by atoms with E-state index in [1.165, 1.54) is 7.11 Å². The third kappa shape index (κ3) is 2.12. The molecule has 5 heteroatoms. The van der Waals surface area contributed by atoms with Crippen LogP contribution in [0.25, 0.3) is 22.4 Å². The summed E-state index contributed by atoms with van der Waals surface area (Å²) in [7, 11) is 1.34. The molecule has 1 aromatic heterocycles. The van der Waals surface area contributed by atoms with E-state index in [1.54, 1.807) is 4.57 Å². The molecule has 5 nitrogen and oxygen atoms in total. The average molecular weight is 334 g/mol. The van der Waals surface area contributed by atoms with Gasteiger partial charge < -0.3 is 4.74 Å². The quantitative estimate of drug-likeness (QED) is 0.673. The van der Waals surface area contributed by atoms with Crippen molar-refractivity contribution < 1.29 is 14.3 Å². The molecule has 0 N–H and O–H groups in total. The Balaban J connectivity index is 2.06. The van der Waals surface area contributed by atoms with E-state index in [9.17, 15) is 9.59 Å². The number of ether oxygens (including phenoxy) is 1. The number of nitrogens with zero attached hydrogens (tertiary/aromatic N) is 2. The number of carbonyl (C=O) groups excluding carboxylic acids is 2. The van der Waals surface area contributed by atoms with Crippen LogP contribution in [0.4, 0.5) is 0 Å². The second-order valence-electron chi connectivity index (χ2n) is 6.70. The van der Waals surface area contributed by atoms with Gasteiger partial charge in [0.2, 0.25) is 5.91 Å². The van der Waals surface area contributed by atoms with Gasteiger partial charge in [-0.3, -0.25) is 14.2 Å². The number of esters is 1. The molecule has 0 saturated carbocycles. The lowest BCUT2D eigenvalue weighted by molar-refractivity contribution is -0.141. The van der Waals surface area contributed by atoms with Gasteiger partial charge in [0.25, 0.3) is 0 Å². The SMILES string of the molecule is COC(=O)CC1(C)C(=O)n2c(nc3ccccc32)-c2ccc(C)cc21. The molecule has 0 fully saturated rings. The van der Waals surface area contributed by atoms with E-state index in [2.05, 4.69) is 4.98 Å². The lowest BCUT2D eigenvalue weighted by atomic mass is 9.73. The minimum absolute atomic E-state index is 0.00919. The van der Waals surface area contributed by atoms with Crippen LogP contribution in [0, 0.1) is 6.92 Å². The molecular formula is C20H18N2O3. The van der Waals surface area contributed by atoms with Crippen LogP contribution < -0.4 is 0 Å². The zero-order valence-corrected chi connectivity index (χ0v) is 14.4. The zero-order valence-electron chi connectivity index (χ0n) is 14.4. The molecule has 3 aromatic rings. The molecule has 1 aliphatic heterocycles. The van der Waals surface area contributed by atoms with Crippen molar-refractivity contribution in [1.82, 2.24) is 9.55 Å². The van der Waals surface area contributed by atoms with Crippen LogP contribution in [0.3, 0.4) is 0 Å². The number of benzene rings is 2. The summed E-state index contributed by atoms with van der Waals surface area (Å²) in [6.07, 6.45) is -0.00919. The van der Waals surface area contributed by atoms with Crippen molar-refractivity contribution in [3.63, 3.8) is 0 Å². The highest BCUT2D eigenvalue weighted by molar-refractivity contribution is 6.05. The summed E-state index contributed by atoms with van der Waals surface area (Å²) in [6.45, 7) is 3.78. The number of imidazole rings is 1. The third-order valence-corrected chi connectivity index (χ3v) is 4.97. The Labute approximate surface area is 145 Å². The highest BCUT2D eigenvalue weighted by atomic mass is 16.5. The Bertz CT molecular complexity index is 1030. The van der Waals surface area contributed by atoms with Gasteiger partial charge in [0.05, 0.1) is 30.0 Å². The van der Waals surface area contributed by atoms with Crippen LogP contribution in [0.5, 0.6) is 0 Å². The Morgan fingerprint density at radius 1 is 1.24 bits per heavy atom. The second-order valence-corrected chi connectivity index (χ2v) is 6.70. The molecular weight excluding hydrogens is 316 g/mol. The predicted molar refractivity (Wildman–Crippen MR) is 94.5 cm³/mol. The molecule has 0 radical (unpaired) electrons. The molecule has 0 amide bonds. The van der Waals surface area contributed by atoms with Gasteiger partial charge in [-0.1, -0.05) is 35.9 Å². The van der Waals surface area contributed by atoms with Crippen molar-refractivity contribution in [2.45, 2.75) is 25.7 Å². The standard InChI is InChI=1S/C20H18N2O3/c1-12-8-9-13-14(10-12)20(2,11-17(23)25-3)19(24)22-16-7-5-4-6-15(16)21-18(13)22/h4-10H,11H2,1-3H3. The first-order valence-corrected chi connectivity index (χ1v) is 8.16. The number of para-hydroxylation sites is 2. The largest absolute Gasteiger partial charge is 0.469 e. The summed E-state index contributed by atoms with van der Waals surface area (Å²) in [6, 6.07) is 13.5. The Hall–Kier alpha value is -2.95. The maximum absolute atomic E-state index is 13.5. The van der Waals surface area contributed by atoms with Crippen LogP contribution in [-0.2, 0) is 14.9 Å². The van der Waals surface area contributed by atoms with E-state index in [-0.39, 0.29) is 12.3 Å². The van der Waals surface area contributed by atoms with Gasteiger partial charge in [0.15, 0.2) is 0 Å². The van der Waals surface area contributed by atoms with Crippen molar-refractivity contribution in [2.75, 3.05) is 7.11 Å². The fraction of sp³-hybridized carbons (Fsp3) is 0.250. The molecule has 1 aliphatic rings. The van der Waals surface area contributed by atoms with Crippen LogP contribution in [0.1, 0.15) is 29.3 Å². The molecule has 1 unspecified atom stereocenters. The van der Waals surface area contributed by atoms with E-state index < -0.39 is 11.4 Å². The molecule has 4 rings (SSSR count). The van der Waals surface area contributed by atoms with Gasteiger partial charge in [-0.05, 0) is 31.5 Å². The number of carbonyl (C=O) groups is 2. The van der Waals surface area contributed by atoms with Gasteiger partial charge in [-0.15, -0.1) is 0 Å². The van der Waals surface area contributed by atoms with Gasteiger partial charge in [0.1, 0.15) is 5.82 Å². The number of hydrogen-bond donors (Lipinski definition) is 0. The maximum Gasteiger partial charge on any atom is 0.306 e. The Morgan fingerprint density at radius 3 is 2.76 bits per heavy atom. The van der Waals surface area contributed by atoms with Gasteiger partial charge in [0, 0.05) is 5.56 Å². The van der Waals surface area contributed by atoms with Crippen LogP contribution in [0.2, 0.25) is 0 Å². The van der Waals surface area contributed by atoms with Gasteiger partial charge in [-0.25, -0.2) is 4.98 Å². The van der Waals surface area contributed by atoms with Crippen molar-refractivity contribution in [2.24, 2.45) is 0 Å². The van der Waals surface area contributed by atoms with E-state index in [0.29, 0.717) is 5.82 Å². The number of hydrogen-bond acceptors (Lipinski definition) is 4. The summed E-state index contributed by atoms with van der Waals surface area (Å²) in [5.41, 5.74) is 3.26. The molecule has 0 spiro atoms. The molecule has 1 atom stereocenters. The lowest BCUT2D eigenvalue weighted by Crippen LogP contribution is -2.42. The molecule has 0 saturated heterocycles. The number of aromatic nitrogens is 2. The molecule has 2 aromatic carbocycles. The van der Waals surface area contributed by atoms with E-state index in [4.69, 9.17) is 4.74 Å². The normalized spacial score (nSPS) is 18.8. The fourth-order valence-electron chi connectivity index (χ4n) is 3.62. The van der Waals surface area contributed by atoms with E-state index in [0.717, 1.165) is 27.7 Å². The lowest BCUT2D eigenvalue weighted by Gasteiger charge is -2.34. The van der Waals surface area contributed by atoms with Crippen molar-refractivity contribution >= 4 is 22.9 Å². The summed E-state index contributed by atoms with van der Waals surface area (Å²) >= 11 is 0. The minimum atomic E-state index is -0.995. The highest BCUT2D eigenvalue weighted by Gasteiger charge is 2.46. The first-order valence-electron chi connectivity index (χ1n) is 8.16. The first-order chi connectivity index (χ1) is 12.0. The van der Waals surface area contributed by atoms with E-state index in [1.807, 2.05) is 56.3 Å². The second kappa shape index (κ2) is 5.28. The third-order valence-electron chi connectivity index (χ3n) is 4.97. The maximum atomic E-state index is 13.5.